The average Bonchev–Trinajstić information content (AvgIpc) is 2.35. The first-order valence-corrected chi connectivity index (χ1v) is 6.62. The molecule has 0 aliphatic heterocycles. The first-order valence-electron chi connectivity index (χ1n) is 6.62. The molecule has 5 nitrogen and oxygen atoms in total. The first kappa shape index (κ1) is 19.1. The minimum Gasteiger partial charge on any atom is -0.481 e. The van der Waals surface area contributed by atoms with Crippen molar-refractivity contribution >= 4 is 11.9 Å². The number of carbonyl (C=O) groups excluding carboxylic acids is 1. The van der Waals surface area contributed by atoms with Gasteiger partial charge in [0.1, 0.15) is 5.60 Å². The van der Waals surface area contributed by atoms with E-state index in [0.717, 1.165) is 0 Å². The van der Waals surface area contributed by atoms with E-state index in [4.69, 9.17) is 9.99 Å². The average molecular weight is 296 g/mol. The lowest BCUT2D eigenvalue weighted by molar-refractivity contribution is -0.301. The Kier molecular flexibility index (Phi) is 7.09. The minimum atomic E-state index is -0.757. The van der Waals surface area contributed by atoms with Crippen molar-refractivity contribution < 1.29 is 24.5 Å². The summed E-state index contributed by atoms with van der Waals surface area (Å²) < 4.78 is 0. The van der Waals surface area contributed by atoms with Crippen molar-refractivity contribution in [2.45, 2.75) is 47.1 Å². The summed E-state index contributed by atoms with van der Waals surface area (Å²) in [5.74, 6) is -1.23. The van der Waals surface area contributed by atoms with Gasteiger partial charge in [0, 0.05) is 0 Å². The molecule has 0 saturated carbocycles. The summed E-state index contributed by atoms with van der Waals surface area (Å²) >= 11 is 0. The zero-order valence-corrected chi connectivity index (χ0v) is 13.5. The molecule has 0 bridgehead atoms. The highest BCUT2D eigenvalue weighted by Gasteiger charge is 2.18. The number of carboxylic acids is 1. The van der Waals surface area contributed by atoms with Crippen molar-refractivity contribution in [1.29, 1.82) is 0 Å². The molecule has 0 fully saturated rings. The van der Waals surface area contributed by atoms with Crippen molar-refractivity contribution in [1.82, 2.24) is 0 Å². The van der Waals surface area contributed by atoms with E-state index >= 15 is 0 Å². The van der Waals surface area contributed by atoms with Gasteiger partial charge in [-0.25, -0.2) is 4.79 Å². The molecular formula is C16H24O5. The quantitative estimate of drug-likeness (QED) is 0.665. The fraction of sp³-hybridized carbons (Fsp3) is 0.500. The minimum absolute atomic E-state index is 0.472. The topological polar surface area (TPSA) is 72.8 Å². The van der Waals surface area contributed by atoms with Gasteiger partial charge in [0.15, 0.2) is 0 Å². The van der Waals surface area contributed by atoms with E-state index in [1.165, 1.54) is 0 Å². The van der Waals surface area contributed by atoms with Gasteiger partial charge in [-0.2, -0.15) is 4.89 Å². The van der Waals surface area contributed by atoms with Gasteiger partial charge in [0.2, 0.25) is 0 Å². The van der Waals surface area contributed by atoms with Gasteiger partial charge in [-0.1, -0.05) is 18.2 Å². The lowest BCUT2D eigenvalue weighted by Gasteiger charge is -2.16. The maximum Gasteiger partial charge on any atom is 0.373 e. The second-order valence-electron chi connectivity index (χ2n) is 6.49. The van der Waals surface area contributed by atoms with Gasteiger partial charge in [-0.3, -0.25) is 9.68 Å². The fourth-order valence-electron chi connectivity index (χ4n) is 0.785. The molecule has 1 rings (SSSR count). The van der Waals surface area contributed by atoms with E-state index in [2.05, 4.69) is 4.89 Å². The van der Waals surface area contributed by atoms with Crippen LogP contribution in [0.15, 0.2) is 30.3 Å². The molecule has 0 heterocycles. The molecule has 0 amide bonds. The van der Waals surface area contributed by atoms with E-state index in [-0.39, 0.29) is 0 Å². The predicted octanol–water partition coefficient (Wildman–Crippen LogP) is 3.69. The Balaban J connectivity index is 0.000000486. The normalized spacial score (nSPS) is 11.1. The van der Waals surface area contributed by atoms with Crippen molar-refractivity contribution in [2.75, 3.05) is 0 Å². The summed E-state index contributed by atoms with van der Waals surface area (Å²) in [6.45, 7) is 10.4. The van der Waals surface area contributed by atoms with Crippen LogP contribution in [0.25, 0.3) is 0 Å². The zero-order valence-electron chi connectivity index (χ0n) is 13.5. The predicted molar refractivity (Wildman–Crippen MR) is 79.8 cm³/mol. The third-order valence-electron chi connectivity index (χ3n) is 2.02. The van der Waals surface area contributed by atoms with Crippen molar-refractivity contribution in [3.05, 3.63) is 35.9 Å². The second-order valence-corrected chi connectivity index (χ2v) is 6.49. The van der Waals surface area contributed by atoms with Crippen LogP contribution in [0.4, 0.5) is 0 Å². The summed E-state index contributed by atoms with van der Waals surface area (Å²) in [6.07, 6.45) is 0. The number of hydrogen-bond donors (Lipinski definition) is 1. The summed E-state index contributed by atoms with van der Waals surface area (Å²) in [6, 6.07) is 8.73. The molecular weight excluding hydrogens is 272 g/mol. The van der Waals surface area contributed by atoms with Gasteiger partial charge < -0.3 is 5.11 Å². The summed E-state index contributed by atoms with van der Waals surface area (Å²) in [5.41, 5.74) is -0.582. The molecule has 0 aliphatic rings. The Bertz CT molecular complexity index is 452. The van der Waals surface area contributed by atoms with Crippen LogP contribution in [0, 0.1) is 5.41 Å². The van der Waals surface area contributed by atoms with Crippen LogP contribution in [0.3, 0.4) is 0 Å². The van der Waals surface area contributed by atoms with E-state index in [0.29, 0.717) is 5.56 Å². The van der Waals surface area contributed by atoms with Crippen LogP contribution in [0.5, 0.6) is 0 Å². The Labute approximate surface area is 125 Å². The van der Waals surface area contributed by atoms with Crippen LogP contribution in [0.2, 0.25) is 0 Å². The second kappa shape index (κ2) is 7.78. The maximum atomic E-state index is 11.3. The highest BCUT2D eigenvalue weighted by molar-refractivity contribution is 5.88. The smallest absolute Gasteiger partial charge is 0.373 e. The third kappa shape index (κ3) is 9.62. The number of benzene rings is 1. The highest BCUT2D eigenvalue weighted by atomic mass is 17.2. The van der Waals surface area contributed by atoms with E-state index < -0.39 is 23.0 Å². The molecule has 0 saturated heterocycles. The van der Waals surface area contributed by atoms with E-state index in [9.17, 15) is 9.59 Å². The standard InChI is InChI=1S/C11H14O3.C5H10O2/c1-11(2,3)14-13-10(12)9-7-5-4-6-8-9;1-5(2,3)4(6)7/h4-8H,1-3H3;1-3H3,(H,6,7). The van der Waals surface area contributed by atoms with Crippen LogP contribution in [-0.2, 0) is 14.6 Å². The molecule has 0 unspecified atom stereocenters. The fourth-order valence-corrected chi connectivity index (χ4v) is 0.785. The van der Waals surface area contributed by atoms with Gasteiger partial charge in [-0.05, 0) is 53.7 Å². The molecule has 1 N–H and O–H groups in total. The lowest BCUT2D eigenvalue weighted by atomic mass is 9.98. The molecule has 21 heavy (non-hydrogen) atoms. The lowest BCUT2D eigenvalue weighted by Crippen LogP contribution is -2.21. The van der Waals surface area contributed by atoms with E-state index in [1.807, 2.05) is 26.8 Å². The van der Waals surface area contributed by atoms with Crippen LogP contribution >= 0.6 is 0 Å². The first-order chi connectivity index (χ1) is 9.43. The number of aliphatic carboxylic acids is 1. The van der Waals surface area contributed by atoms with Gasteiger partial charge in [0.05, 0.1) is 11.0 Å². The number of hydrogen-bond acceptors (Lipinski definition) is 4. The number of rotatable bonds is 2. The van der Waals surface area contributed by atoms with Crippen molar-refractivity contribution in [2.24, 2.45) is 5.41 Å². The molecule has 0 atom stereocenters. The van der Waals surface area contributed by atoms with E-state index in [1.54, 1.807) is 45.0 Å². The third-order valence-corrected chi connectivity index (χ3v) is 2.02. The van der Waals surface area contributed by atoms with Crippen molar-refractivity contribution in [3.63, 3.8) is 0 Å². The van der Waals surface area contributed by atoms with Crippen molar-refractivity contribution in [3.8, 4) is 0 Å². The van der Waals surface area contributed by atoms with Gasteiger partial charge in [0.25, 0.3) is 0 Å². The van der Waals surface area contributed by atoms with Crippen LogP contribution < -0.4 is 0 Å². The molecule has 0 aromatic heterocycles. The molecule has 0 radical (unpaired) electrons. The largest absolute Gasteiger partial charge is 0.481 e. The summed E-state index contributed by atoms with van der Waals surface area (Å²) in [7, 11) is 0. The SMILES string of the molecule is CC(C)(C)C(=O)O.CC(C)(C)OOC(=O)c1ccccc1. The van der Waals surface area contributed by atoms with Crippen LogP contribution in [-0.4, -0.2) is 22.6 Å². The molecule has 0 spiro atoms. The Morgan fingerprint density at radius 2 is 1.38 bits per heavy atom. The molecule has 0 aliphatic carbocycles. The molecule has 118 valence electrons. The zero-order chi connectivity index (χ0) is 16.7. The Morgan fingerprint density at radius 1 is 0.952 bits per heavy atom. The van der Waals surface area contributed by atoms with Gasteiger partial charge >= 0.3 is 11.9 Å². The Hall–Kier alpha value is -1.88. The molecule has 1 aromatic carbocycles. The Morgan fingerprint density at radius 3 is 1.71 bits per heavy atom. The summed E-state index contributed by atoms with van der Waals surface area (Å²) in [4.78, 5) is 30.9. The number of carbonyl (C=O) groups is 2. The number of carboxylic acid groups (broad SMARTS) is 1. The molecule has 1 aromatic rings. The van der Waals surface area contributed by atoms with Gasteiger partial charge in [-0.15, -0.1) is 0 Å². The van der Waals surface area contributed by atoms with Crippen LogP contribution in [0.1, 0.15) is 51.9 Å². The highest BCUT2D eigenvalue weighted by Crippen LogP contribution is 2.11. The monoisotopic (exact) mass is 296 g/mol. The maximum absolute atomic E-state index is 11.3. The summed E-state index contributed by atoms with van der Waals surface area (Å²) in [5, 5.41) is 8.25. The molecule has 5 heteroatoms.